The van der Waals surface area contributed by atoms with Crippen LogP contribution in [-0.2, 0) is 0 Å². The van der Waals surface area contributed by atoms with E-state index in [9.17, 15) is 0 Å². The van der Waals surface area contributed by atoms with Crippen molar-refractivity contribution in [2.45, 2.75) is 64.7 Å². The first-order valence-corrected chi connectivity index (χ1v) is 13.1. The van der Waals surface area contributed by atoms with Crippen LogP contribution in [0.1, 0.15) is 38.8 Å². The van der Waals surface area contributed by atoms with E-state index in [0.29, 0.717) is 20.9 Å². The van der Waals surface area contributed by atoms with E-state index < -0.39 is 38.4 Å². The monoisotopic (exact) mass is 524 g/mol. The molecule has 0 amide bonds. The van der Waals surface area contributed by atoms with Gasteiger partial charge < -0.3 is 0 Å². The first-order chi connectivity index (χ1) is 16.3. The van der Waals surface area contributed by atoms with Gasteiger partial charge in [-0.3, -0.25) is 0 Å². The Morgan fingerprint density at radius 1 is 0.543 bits per heavy atom. The van der Waals surface area contributed by atoms with Gasteiger partial charge in [0.25, 0.3) is 0 Å². The molecule has 0 radical (unpaired) electrons. The topological polar surface area (TPSA) is 0 Å². The average Bonchev–Trinajstić information content (AvgIpc) is 3.35. The first kappa shape index (κ1) is 23.6. The number of hydrogen-bond acceptors (Lipinski definition) is 2. The van der Waals surface area contributed by atoms with Gasteiger partial charge in [0, 0.05) is 20.9 Å². The summed E-state index contributed by atoms with van der Waals surface area (Å²) in [7, 11) is 0. The third-order valence-corrected chi connectivity index (χ3v) is 11.9. The van der Waals surface area contributed by atoms with E-state index in [-0.39, 0.29) is 23.0 Å². The van der Waals surface area contributed by atoms with E-state index in [0.717, 1.165) is 0 Å². The molecule has 35 heavy (non-hydrogen) atoms. The second-order valence-corrected chi connectivity index (χ2v) is 12.8. The molecule has 184 valence electrons. The van der Waals surface area contributed by atoms with Crippen LogP contribution in [0.2, 0.25) is 0 Å². The van der Waals surface area contributed by atoms with Gasteiger partial charge in [-0.1, -0.05) is 64.1 Å². The number of benzene rings is 2. The number of hydrogen-bond donors (Lipinski definition) is 0. The highest BCUT2D eigenvalue weighted by atomic mass is 32.2. The van der Waals surface area contributed by atoms with Crippen molar-refractivity contribution in [1.29, 1.82) is 0 Å². The summed E-state index contributed by atoms with van der Waals surface area (Å²) in [6.45, 7) is 7.50. The second-order valence-electron chi connectivity index (χ2n) is 10.2. The molecule has 1 fully saturated rings. The van der Waals surface area contributed by atoms with Crippen LogP contribution >= 0.6 is 23.5 Å². The molecule has 4 aliphatic rings. The van der Waals surface area contributed by atoms with Gasteiger partial charge in [0.05, 0.1) is 9.49 Å². The van der Waals surface area contributed by atoms with Crippen molar-refractivity contribution >= 4 is 34.7 Å². The fraction of sp³-hybridized carbons (Fsp3) is 0.407. The van der Waals surface area contributed by atoms with Crippen molar-refractivity contribution < 1.29 is 26.3 Å². The molecule has 0 unspecified atom stereocenters. The quantitative estimate of drug-likeness (QED) is 0.360. The highest BCUT2D eigenvalue weighted by molar-refractivity contribution is 8.06. The van der Waals surface area contributed by atoms with Gasteiger partial charge in [-0.25, -0.2) is 0 Å². The number of halogens is 6. The van der Waals surface area contributed by atoms with Crippen LogP contribution in [0.4, 0.5) is 26.3 Å². The summed E-state index contributed by atoms with van der Waals surface area (Å²) in [5.74, 6) is -16.3. The third-order valence-electron chi connectivity index (χ3n) is 7.94. The third kappa shape index (κ3) is 2.29. The van der Waals surface area contributed by atoms with Gasteiger partial charge in [0.15, 0.2) is 0 Å². The molecular formula is C27H22F6S2. The molecule has 0 nitrogen and oxygen atoms in total. The lowest BCUT2D eigenvalue weighted by Crippen LogP contribution is -2.57. The van der Waals surface area contributed by atoms with Crippen LogP contribution in [0.25, 0.3) is 11.1 Å². The number of rotatable bonds is 2. The Labute approximate surface area is 208 Å². The summed E-state index contributed by atoms with van der Waals surface area (Å²) in [5, 5.41) is 0. The maximum Gasteiger partial charge on any atom is 0.380 e. The van der Waals surface area contributed by atoms with Gasteiger partial charge in [-0.15, -0.1) is 23.5 Å². The number of alkyl halides is 6. The average molecular weight is 525 g/mol. The minimum Gasteiger partial charge on any atom is -0.194 e. The van der Waals surface area contributed by atoms with Crippen LogP contribution in [0.3, 0.4) is 0 Å². The molecular weight excluding hydrogens is 502 g/mol. The van der Waals surface area contributed by atoms with Crippen molar-refractivity contribution in [3.05, 3.63) is 70.8 Å². The Balaban J connectivity index is 1.92. The van der Waals surface area contributed by atoms with Crippen LogP contribution in [-0.4, -0.2) is 27.3 Å². The molecule has 6 rings (SSSR count). The molecule has 0 bridgehead atoms. The van der Waals surface area contributed by atoms with Crippen molar-refractivity contribution in [3.8, 4) is 0 Å². The Morgan fingerprint density at radius 2 is 0.886 bits per heavy atom. The smallest absolute Gasteiger partial charge is 0.194 e. The highest BCUT2D eigenvalue weighted by Gasteiger charge is 2.85. The lowest BCUT2D eigenvalue weighted by molar-refractivity contribution is -0.257. The van der Waals surface area contributed by atoms with E-state index in [4.69, 9.17) is 0 Å². The molecule has 0 saturated heterocycles. The van der Waals surface area contributed by atoms with Crippen LogP contribution in [0.15, 0.2) is 69.5 Å². The predicted molar refractivity (Wildman–Crippen MR) is 128 cm³/mol. The predicted octanol–water partition coefficient (Wildman–Crippen LogP) is 8.83. The lowest BCUT2D eigenvalue weighted by atomic mass is 9.60. The largest absolute Gasteiger partial charge is 0.380 e. The van der Waals surface area contributed by atoms with Gasteiger partial charge in [0.1, 0.15) is 0 Å². The highest BCUT2D eigenvalue weighted by Crippen LogP contribution is 2.80. The minimum absolute atomic E-state index is 0.0530. The minimum atomic E-state index is -5.55. The fourth-order valence-electron chi connectivity index (χ4n) is 6.60. The lowest BCUT2D eigenvalue weighted by Gasteiger charge is -2.55. The summed E-state index contributed by atoms with van der Waals surface area (Å²) in [4.78, 5) is 1.30. The molecule has 1 saturated carbocycles. The Morgan fingerprint density at radius 3 is 1.23 bits per heavy atom. The number of fused-ring (bicyclic) bond motifs is 8. The van der Waals surface area contributed by atoms with Crippen molar-refractivity contribution in [2.75, 3.05) is 0 Å². The summed E-state index contributed by atoms with van der Waals surface area (Å²) < 4.78 is 90.9. The molecule has 2 aromatic rings. The molecule has 0 spiro atoms. The van der Waals surface area contributed by atoms with E-state index in [1.54, 1.807) is 48.5 Å². The van der Waals surface area contributed by atoms with Gasteiger partial charge >= 0.3 is 17.8 Å². The summed E-state index contributed by atoms with van der Waals surface area (Å²) in [5.41, 5.74) is -1.76. The molecule has 2 aliphatic carbocycles. The van der Waals surface area contributed by atoms with Crippen molar-refractivity contribution in [1.82, 2.24) is 0 Å². The molecule has 2 aromatic carbocycles. The van der Waals surface area contributed by atoms with Gasteiger partial charge in [-0.05, 0) is 46.2 Å². The zero-order valence-electron chi connectivity index (χ0n) is 19.4. The second kappa shape index (κ2) is 6.74. The zero-order chi connectivity index (χ0) is 25.3. The summed E-state index contributed by atoms with van der Waals surface area (Å²) >= 11 is 2.73. The molecule has 8 heteroatoms. The standard InChI is InChI=1S/C27H22F6S2/c1-13(2)23-19(15-9-5-7-11-17(15)34-23)21-22(26(30,31)27(32,33)25(21,28)29)20-16-10-6-8-12-18(16)35-24(20,23)14(3)4/h5-14H,1-4H3/t23-,24-/m1/s1. The van der Waals surface area contributed by atoms with E-state index in [1.807, 2.05) is 27.7 Å². The fourth-order valence-corrected chi connectivity index (χ4v) is 10.5. The maximum absolute atomic E-state index is 15.7. The molecule has 2 heterocycles. The van der Waals surface area contributed by atoms with Gasteiger partial charge in [0.2, 0.25) is 0 Å². The van der Waals surface area contributed by atoms with Crippen LogP contribution < -0.4 is 0 Å². The van der Waals surface area contributed by atoms with Crippen molar-refractivity contribution in [3.63, 3.8) is 0 Å². The Kier molecular flexibility index (Phi) is 4.54. The molecule has 0 aromatic heterocycles. The summed E-state index contributed by atoms with van der Waals surface area (Å²) in [6.07, 6.45) is 0. The van der Waals surface area contributed by atoms with Gasteiger partial charge in [-0.2, -0.15) is 26.3 Å². The molecule has 2 aliphatic heterocycles. The molecule has 2 atom stereocenters. The molecule has 0 N–H and O–H groups in total. The first-order valence-electron chi connectivity index (χ1n) is 11.5. The normalized spacial score (nSPS) is 31.0. The maximum atomic E-state index is 15.7. The van der Waals surface area contributed by atoms with E-state index in [1.165, 1.54) is 23.5 Å². The zero-order valence-corrected chi connectivity index (χ0v) is 21.0. The van der Waals surface area contributed by atoms with E-state index in [2.05, 4.69) is 0 Å². The number of allylic oxidation sites excluding steroid dienone is 2. The SMILES string of the molecule is CC(C)[C@@]12Sc3ccccc3C1=C1C(=C3c4ccccc4S[C@]32C(C)C)C(F)(F)C(F)(F)C1(F)F. The Hall–Kier alpha value is -1.80. The summed E-state index contributed by atoms with van der Waals surface area (Å²) in [6, 6.07) is 13.5. The van der Waals surface area contributed by atoms with Crippen molar-refractivity contribution in [2.24, 2.45) is 11.8 Å². The van der Waals surface area contributed by atoms with Crippen LogP contribution in [0, 0.1) is 11.8 Å². The van der Waals surface area contributed by atoms with E-state index >= 15 is 26.3 Å². The van der Waals surface area contributed by atoms with Crippen LogP contribution in [0.5, 0.6) is 0 Å². The Bertz CT molecular complexity index is 1250. The number of thioether (sulfide) groups is 2.